The van der Waals surface area contributed by atoms with Crippen molar-refractivity contribution in [1.29, 1.82) is 0 Å². The van der Waals surface area contributed by atoms with Crippen molar-refractivity contribution in [2.75, 3.05) is 36.9 Å². The van der Waals surface area contributed by atoms with Crippen molar-refractivity contribution in [2.45, 2.75) is 45.1 Å². The third-order valence-electron chi connectivity index (χ3n) is 6.17. The number of aromatic nitrogens is 5. The van der Waals surface area contributed by atoms with E-state index < -0.39 is 5.91 Å². The number of primary amides is 1. The molecule has 4 N–H and O–H groups in total. The first-order valence-corrected chi connectivity index (χ1v) is 11.9. The lowest BCUT2D eigenvalue weighted by Gasteiger charge is -2.35. The summed E-state index contributed by atoms with van der Waals surface area (Å²) < 4.78 is 7.96. The highest BCUT2D eigenvalue weighted by Gasteiger charge is 2.28. The van der Waals surface area contributed by atoms with Crippen molar-refractivity contribution in [2.24, 2.45) is 11.7 Å². The Morgan fingerprint density at radius 3 is 2.97 bits per heavy atom. The second-order valence-electron chi connectivity index (χ2n) is 8.72. The standard InChI is InChI=1S/C21H28N8O2S/c1-12-9-15(17-18(22)19(20(23)30)32-21(17)24-12)28-7-2-3-13(10-28)11-31-8-6-16-25-26-27-29(16)14-4-5-14/h9,13-14H,2-8,10-11,22H2,1H3,(H2,23,30)/t13-/m0/s1. The second-order valence-corrected chi connectivity index (χ2v) is 9.72. The molecule has 1 aliphatic carbocycles. The fraction of sp³-hybridized carbons (Fsp3) is 0.571. The van der Waals surface area contributed by atoms with E-state index in [4.69, 9.17) is 16.2 Å². The molecular weight excluding hydrogens is 428 g/mol. The molecule has 10 nitrogen and oxygen atoms in total. The van der Waals surface area contributed by atoms with E-state index in [0.29, 0.717) is 35.7 Å². The minimum absolute atomic E-state index is 0.379. The number of fused-ring (bicyclic) bond motifs is 1. The summed E-state index contributed by atoms with van der Waals surface area (Å²) in [6.45, 7) is 5.08. The van der Waals surface area contributed by atoms with Crippen molar-refractivity contribution >= 4 is 38.8 Å². The van der Waals surface area contributed by atoms with E-state index in [1.54, 1.807) is 0 Å². The summed E-state index contributed by atoms with van der Waals surface area (Å²) in [7, 11) is 0. The Bertz CT molecular complexity index is 1140. The van der Waals surface area contributed by atoms with Gasteiger partial charge in [-0.05, 0) is 55.0 Å². The molecule has 1 saturated carbocycles. The highest BCUT2D eigenvalue weighted by molar-refractivity contribution is 7.21. The molecule has 5 rings (SSSR count). The molecule has 4 heterocycles. The molecule has 11 heteroatoms. The summed E-state index contributed by atoms with van der Waals surface area (Å²) in [5, 5.41) is 12.9. The summed E-state index contributed by atoms with van der Waals surface area (Å²) in [6.07, 6.45) is 5.24. The van der Waals surface area contributed by atoms with Crippen LogP contribution in [0.15, 0.2) is 6.07 Å². The number of hydrogen-bond donors (Lipinski definition) is 2. The number of carbonyl (C=O) groups is 1. The molecule has 170 valence electrons. The van der Waals surface area contributed by atoms with Gasteiger partial charge in [-0.2, -0.15) is 0 Å². The second kappa shape index (κ2) is 8.62. The summed E-state index contributed by atoms with van der Waals surface area (Å²) in [6, 6.07) is 2.53. The average molecular weight is 457 g/mol. The topological polar surface area (TPSA) is 138 Å². The van der Waals surface area contributed by atoms with Gasteiger partial charge in [0.2, 0.25) is 0 Å². The van der Waals surface area contributed by atoms with Crippen LogP contribution >= 0.6 is 11.3 Å². The number of tetrazole rings is 1. The minimum Gasteiger partial charge on any atom is -0.397 e. The van der Waals surface area contributed by atoms with Gasteiger partial charge in [-0.15, -0.1) is 16.4 Å². The molecule has 2 aliphatic rings. The van der Waals surface area contributed by atoms with Gasteiger partial charge in [0.1, 0.15) is 9.71 Å². The van der Waals surface area contributed by atoms with Gasteiger partial charge >= 0.3 is 0 Å². The maximum Gasteiger partial charge on any atom is 0.260 e. The Hall–Kier alpha value is -2.79. The van der Waals surface area contributed by atoms with Gasteiger partial charge in [0.05, 0.1) is 36.0 Å². The summed E-state index contributed by atoms with van der Waals surface area (Å²) >= 11 is 1.27. The number of piperidine rings is 1. The van der Waals surface area contributed by atoms with E-state index in [1.807, 2.05) is 11.6 Å². The van der Waals surface area contributed by atoms with E-state index in [-0.39, 0.29) is 0 Å². The number of pyridine rings is 1. The summed E-state index contributed by atoms with van der Waals surface area (Å²) in [5.74, 6) is 0.819. The van der Waals surface area contributed by atoms with Crippen LogP contribution in [0.5, 0.6) is 0 Å². The van der Waals surface area contributed by atoms with Crippen LogP contribution in [0.4, 0.5) is 11.4 Å². The minimum atomic E-state index is -0.508. The number of hydrogen-bond acceptors (Lipinski definition) is 9. The van der Waals surface area contributed by atoms with Gasteiger partial charge in [-0.1, -0.05) is 0 Å². The molecule has 32 heavy (non-hydrogen) atoms. The van der Waals surface area contributed by atoms with Crippen LogP contribution < -0.4 is 16.4 Å². The number of rotatable bonds is 8. The van der Waals surface area contributed by atoms with Crippen molar-refractivity contribution in [3.05, 3.63) is 22.5 Å². The Morgan fingerprint density at radius 1 is 1.34 bits per heavy atom. The molecule has 0 radical (unpaired) electrons. The maximum atomic E-state index is 11.8. The molecule has 1 aliphatic heterocycles. The molecule has 1 amide bonds. The van der Waals surface area contributed by atoms with Crippen molar-refractivity contribution in [3.63, 3.8) is 0 Å². The SMILES string of the molecule is Cc1cc(N2CCC[C@H](COCCc3nnnn3C3CC3)C2)c2c(N)c(C(N)=O)sc2n1. The zero-order valence-corrected chi connectivity index (χ0v) is 19.0. The fourth-order valence-corrected chi connectivity index (χ4v) is 5.48. The van der Waals surface area contributed by atoms with E-state index in [9.17, 15) is 4.79 Å². The highest BCUT2D eigenvalue weighted by atomic mass is 32.1. The van der Waals surface area contributed by atoms with Crippen LogP contribution in [0.1, 0.15) is 52.9 Å². The van der Waals surface area contributed by atoms with Crippen molar-refractivity contribution < 1.29 is 9.53 Å². The van der Waals surface area contributed by atoms with Gasteiger partial charge in [0.25, 0.3) is 5.91 Å². The zero-order chi connectivity index (χ0) is 22.2. The van der Waals surface area contributed by atoms with Crippen LogP contribution in [0.25, 0.3) is 10.2 Å². The molecule has 3 aromatic heterocycles. The molecule has 0 aromatic carbocycles. The fourth-order valence-electron chi connectivity index (χ4n) is 4.47. The van der Waals surface area contributed by atoms with Gasteiger partial charge in [0.15, 0.2) is 5.82 Å². The monoisotopic (exact) mass is 456 g/mol. The Morgan fingerprint density at radius 2 is 2.19 bits per heavy atom. The molecule has 0 bridgehead atoms. The van der Waals surface area contributed by atoms with E-state index in [2.05, 4.69) is 31.5 Å². The van der Waals surface area contributed by atoms with Crippen molar-refractivity contribution in [3.8, 4) is 0 Å². The molecule has 0 spiro atoms. The number of aryl methyl sites for hydroxylation is 1. The summed E-state index contributed by atoms with van der Waals surface area (Å²) in [5.41, 5.74) is 14.2. The Labute approximate surface area is 189 Å². The third-order valence-corrected chi connectivity index (χ3v) is 7.28. The predicted octanol–water partition coefficient (Wildman–Crippen LogP) is 2.08. The van der Waals surface area contributed by atoms with Crippen LogP contribution in [-0.2, 0) is 11.2 Å². The largest absolute Gasteiger partial charge is 0.397 e. The Balaban J connectivity index is 1.24. The lowest BCUT2D eigenvalue weighted by molar-refractivity contribution is 0.0944. The number of carbonyl (C=O) groups excluding carboxylic acids is 1. The predicted molar refractivity (Wildman–Crippen MR) is 123 cm³/mol. The van der Waals surface area contributed by atoms with Crippen molar-refractivity contribution in [1.82, 2.24) is 25.2 Å². The average Bonchev–Trinajstić information content (AvgIpc) is 3.42. The third kappa shape index (κ3) is 4.14. The smallest absolute Gasteiger partial charge is 0.260 e. The van der Waals surface area contributed by atoms with E-state index in [0.717, 1.165) is 72.6 Å². The van der Waals surface area contributed by atoms with Crippen LogP contribution in [0.2, 0.25) is 0 Å². The number of thiophene rings is 1. The first kappa shape index (κ1) is 21.1. The quantitative estimate of drug-likeness (QED) is 0.491. The molecule has 0 unspecified atom stereocenters. The number of ether oxygens (including phenoxy) is 1. The van der Waals surface area contributed by atoms with E-state index in [1.165, 1.54) is 11.3 Å². The molecule has 1 atom stereocenters. The number of nitrogen functional groups attached to an aromatic ring is 1. The van der Waals surface area contributed by atoms with Crippen LogP contribution in [0.3, 0.4) is 0 Å². The normalized spacial score (nSPS) is 19.0. The van der Waals surface area contributed by atoms with Gasteiger partial charge in [-0.3, -0.25) is 4.79 Å². The number of nitrogens with two attached hydrogens (primary N) is 2. The molecular formula is C21H28N8O2S. The number of anilines is 2. The molecule has 1 saturated heterocycles. The maximum absolute atomic E-state index is 11.8. The molecule has 3 aromatic rings. The van der Waals surface area contributed by atoms with Gasteiger partial charge in [-0.25, -0.2) is 9.67 Å². The number of amides is 1. The van der Waals surface area contributed by atoms with Crippen LogP contribution in [0, 0.1) is 12.8 Å². The summed E-state index contributed by atoms with van der Waals surface area (Å²) in [4.78, 5) is 19.9. The number of nitrogens with zero attached hydrogens (tertiary/aromatic N) is 6. The first-order chi connectivity index (χ1) is 15.5. The van der Waals surface area contributed by atoms with Gasteiger partial charge < -0.3 is 21.1 Å². The van der Waals surface area contributed by atoms with Gasteiger partial charge in [0, 0.05) is 25.2 Å². The zero-order valence-electron chi connectivity index (χ0n) is 18.2. The Kier molecular flexibility index (Phi) is 5.68. The van der Waals surface area contributed by atoms with Crippen LogP contribution in [-0.4, -0.2) is 57.4 Å². The highest BCUT2D eigenvalue weighted by Crippen LogP contribution is 2.40. The molecule has 2 fully saturated rings. The lowest BCUT2D eigenvalue weighted by atomic mass is 9.98. The first-order valence-electron chi connectivity index (χ1n) is 11.1. The van der Waals surface area contributed by atoms with E-state index >= 15 is 0 Å². The lowest BCUT2D eigenvalue weighted by Crippen LogP contribution is -2.37.